The van der Waals surface area contributed by atoms with E-state index in [1.807, 2.05) is 48.2 Å². The monoisotopic (exact) mass is 484 g/mol. The molecule has 176 valence electrons. The van der Waals surface area contributed by atoms with E-state index in [1.165, 1.54) is 17.7 Å². The summed E-state index contributed by atoms with van der Waals surface area (Å²) in [5.41, 5.74) is 5.65. The average Bonchev–Trinajstić information content (AvgIpc) is 3.37. The first-order valence-corrected chi connectivity index (χ1v) is 12.0. The molecule has 0 saturated heterocycles. The van der Waals surface area contributed by atoms with Gasteiger partial charge in [-0.05, 0) is 54.4 Å². The van der Waals surface area contributed by atoms with Gasteiger partial charge in [0, 0.05) is 17.8 Å². The van der Waals surface area contributed by atoms with E-state index in [2.05, 4.69) is 41.7 Å². The number of hydrogen-bond donors (Lipinski definition) is 1. The van der Waals surface area contributed by atoms with Crippen molar-refractivity contribution in [1.82, 2.24) is 20.4 Å². The molecule has 1 atom stereocenters. The molecule has 0 bridgehead atoms. The van der Waals surface area contributed by atoms with Crippen LogP contribution in [0.2, 0.25) is 0 Å². The molecular weight excluding hydrogens is 459 g/mol. The molecule has 4 aromatic rings. The lowest BCUT2D eigenvalue weighted by atomic mass is 9.94. The number of rotatable bonds is 6. The van der Waals surface area contributed by atoms with Crippen LogP contribution in [0.4, 0.5) is 4.39 Å². The Morgan fingerprint density at radius 1 is 1.00 bits per heavy atom. The summed E-state index contributed by atoms with van der Waals surface area (Å²) in [5, 5.41) is 8.16. The van der Waals surface area contributed by atoms with Crippen LogP contribution in [0.25, 0.3) is 17.0 Å². The molecule has 5 rings (SSSR count). The Hall–Kier alpha value is -3.84. The summed E-state index contributed by atoms with van der Waals surface area (Å²) < 4.78 is 19.9. The second-order valence-corrected chi connectivity index (χ2v) is 8.87. The molecule has 0 aliphatic carbocycles. The van der Waals surface area contributed by atoms with E-state index in [-0.39, 0.29) is 5.82 Å². The largest absolute Gasteiger partial charge is 0.351 e. The van der Waals surface area contributed by atoms with E-state index in [4.69, 9.17) is 21.7 Å². The number of allylic oxidation sites excluding steroid dienone is 1. The molecule has 1 aliphatic rings. The highest BCUT2D eigenvalue weighted by atomic mass is 32.1. The minimum Gasteiger partial charge on any atom is -0.351 e. The Bertz CT molecular complexity index is 1380. The standard InChI is InChI=1S/C28H25FN4OS/c1-3-19-12-14-20(15-13-19)17-33-18(2)24(25(30-28(33)35)22-10-7-11-23(29)16-22)27-31-26(32-34-27)21-8-5-4-6-9-21/h4-16,25H,3,17H2,1-2H3,(H,30,35). The zero-order valence-electron chi connectivity index (χ0n) is 19.5. The quantitative estimate of drug-likeness (QED) is 0.324. The molecule has 5 nitrogen and oxygen atoms in total. The Kier molecular flexibility index (Phi) is 6.42. The Labute approximate surface area is 209 Å². The van der Waals surface area contributed by atoms with E-state index < -0.39 is 6.04 Å². The number of thiocarbonyl (C=S) groups is 1. The Balaban J connectivity index is 1.58. The van der Waals surface area contributed by atoms with E-state index >= 15 is 0 Å². The molecule has 35 heavy (non-hydrogen) atoms. The topological polar surface area (TPSA) is 54.2 Å². The van der Waals surface area contributed by atoms with Gasteiger partial charge in [0.2, 0.25) is 5.82 Å². The number of aryl methyl sites for hydroxylation is 1. The van der Waals surface area contributed by atoms with Crippen molar-refractivity contribution in [1.29, 1.82) is 0 Å². The summed E-state index contributed by atoms with van der Waals surface area (Å²) in [6, 6.07) is 24.2. The molecule has 0 saturated carbocycles. The molecule has 0 amide bonds. The van der Waals surface area contributed by atoms with Gasteiger partial charge in [-0.25, -0.2) is 4.39 Å². The van der Waals surface area contributed by atoms with Crippen molar-refractivity contribution in [2.24, 2.45) is 0 Å². The fourth-order valence-electron chi connectivity index (χ4n) is 4.29. The van der Waals surface area contributed by atoms with Gasteiger partial charge < -0.3 is 14.7 Å². The maximum atomic E-state index is 14.2. The van der Waals surface area contributed by atoms with Crippen LogP contribution >= 0.6 is 12.2 Å². The van der Waals surface area contributed by atoms with Crippen molar-refractivity contribution >= 4 is 22.9 Å². The van der Waals surface area contributed by atoms with Gasteiger partial charge in [0.1, 0.15) is 5.82 Å². The molecule has 1 aliphatic heterocycles. The summed E-state index contributed by atoms with van der Waals surface area (Å²) in [5.74, 6) is 0.548. The smallest absolute Gasteiger partial charge is 0.258 e. The second kappa shape index (κ2) is 9.80. The summed E-state index contributed by atoms with van der Waals surface area (Å²) >= 11 is 5.77. The highest BCUT2D eigenvalue weighted by Crippen LogP contribution is 2.38. The summed E-state index contributed by atoms with van der Waals surface area (Å²) in [6.07, 6.45) is 0.989. The van der Waals surface area contributed by atoms with Gasteiger partial charge in [0.25, 0.3) is 5.89 Å². The predicted molar refractivity (Wildman–Crippen MR) is 139 cm³/mol. The first-order valence-electron chi connectivity index (χ1n) is 11.5. The molecule has 3 aromatic carbocycles. The van der Waals surface area contributed by atoms with Crippen LogP contribution in [-0.2, 0) is 13.0 Å². The van der Waals surface area contributed by atoms with Crippen molar-refractivity contribution in [2.45, 2.75) is 32.9 Å². The first-order chi connectivity index (χ1) is 17.0. The van der Waals surface area contributed by atoms with Crippen molar-refractivity contribution < 1.29 is 8.91 Å². The zero-order valence-corrected chi connectivity index (χ0v) is 20.3. The van der Waals surface area contributed by atoms with Crippen molar-refractivity contribution in [2.75, 3.05) is 0 Å². The summed E-state index contributed by atoms with van der Waals surface area (Å²) in [6.45, 7) is 4.71. The molecule has 1 N–H and O–H groups in total. The van der Waals surface area contributed by atoms with E-state index in [0.717, 1.165) is 34.4 Å². The van der Waals surface area contributed by atoms with Gasteiger partial charge in [0.05, 0.1) is 11.6 Å². The van der Waals surface area contributed by atoms with Crippen LogP contribution in [0.3, 0.4) is 0 Å². The highest BCUT2D eigenvalue weighted by Gasteiger charge is 2.34. The third-order valence-corrected chi connectivity index (χ3v) is 6.58. The maximum absolute atomic E-state index is 14.2. The highest BCUT2D eigenvalue weighted by molar-refractivity contribution is 7.80. The SMILES string of the molecule is CCc1ccc(CN2C(=S)NC(c3cccc(F)c3)C(c3nc(-c4ccccc4)no3)=C2C)cc1. The number of benzene rings is 3. The van der Waals surface area contributed by atoms with Gasteiger partial charge in [-0.1, -0.05) is 78.8 Å². The molecule has 7 heteroatoms. The van der Waals surface area contributed by atoms with E-state index in [1.54, 1.807) is 6.07 Å². The van der Waals surface area contributed by atoms with E-state index in [0.29, 0.717) is 23.4 Å². The van der Waals surface area contributed by atoms with Gasteiger partial charge in [-0.2, -0.15) is 4.98 Å². The fourth-order valence-corrected chi connectivity index (χ4v) is 4.60. The lowest BCUT2D eigenvalue weighted by Crippen LogP contribution is -2.45. The predicted octanol–water partition coefficient (Wildman–Crippen LogP) is 6.30. The molecule has 1 unspecified atom stereocenters. The van der Waals surface area contributed by atoms with Gasteiger partial charge in [-0.15, -0.1) is 0 Å². The third kappa shape index (κ3) is 4.72. The van der Waals surface area contributed by atoms with Crippen LogP contribution in [0.1, 0.15) is 42.5 Å². The van der Waals surface area contributed by atoms with E-state index in [9.17, 15) is 4.39 Å². The number of aromatic nitrogens is 2. The summed E-state index contributed by atoms with van der Waals surface area (Å²) in [4.78, 5) is 6.72. The van der Waals surface area contributed by atoms with Crippen LogP contribution in [0, 0.1) is 5.82 Å². The van der Waals surface area contributed by atoms with Crippen LogP contribution < -0.4 is 5.32 Å². The number of nitrogens with one attached hydrogen (secondary N) is 1. The molecule has 0 fully saturated rings. The van der Waals surface area contributed by atoms with Crippen molar-refractivity contribution in [3.63, 3.8) is 0 Å². The van der Waals surface area contributed by atoms with Gasteiger partial charge in [0.15, 0.2) is 5.11 Å². The normalized spacial score (nSPS) is 15.9. The maximum Gasteiger partial charge on any atom is 0.258 e. The van der Waals surface area contributed by atoms with Gasteiger partial charge >= 0.3 is 0 Å². The number of halogens is 1. The minimum absolute atomic E-state index is 0.318. The third-order valence-electron chi connectivity index (χ3n) is 6.24. The average molecular weight is 485 g/mol. The lowest BCUT2D eigenvalue weighted by Gasteiger charge is -2.37. The molecule has 1 aromatic heterocycles. The molecular formula is C28H25FN4OS. The second-order valence-electron chi connectivity index (χ2n) is 8.48. The van der Waals surface area contributed by atoms with Gasteiger partial charge in [-0.3, -0.25) is 0 Å². The molecule has 0 spiro atoms. The molecule has 2 heterocycles. The van der Waals surface area contributed by atoms with Crippen molar-refractivity contribution in [3.05, 3.63) is 113 Å². The number of nitrogens with zero attached hydrogens (tertiary/aromatic N) is 3. The molecule has 0 radical (unpaired) electrons. The van der Waals surface area contributed by atoms with Crippen LogP contribution in [0.5, 0.6) is 0 Å². The zero-order chi connectivity index (χ0) is 24.4. The minimum atomic E-state index is -0.430. The lowest BCUT2D eigenvalue weighted by molar-refractivity contribution is 0.396. The van der Waals surface area contributed by atoms with Crippen LogP contribution in [-0.4, -0.2) is 20.2 Å². The summed E-state index contributed by atoms with van der Waals surface area (Å²) in [7, 11) is 0. The Morgan fingerprint density at radius 3 is 2.46 bits per heavy atom. The van der Waals surface area contributed by atoms with Crippen molar-refractivity contribution in [3.8, 4) is 11.4 Å². The van der Waals surface area contributed by atoms with Crippen LogP contribution in [0.15, 0.2) is 89.1 Å². The number of hydrogen-bond acceptors (Lipinski definition) is 4. The Morgan fingerprint density at radius 2 is 1.74 bits per heavy atom. The fraction of sp³-hybridized carbons (Fsp3) is 0.179. The first kappa shape index (κ1) is 22.9.